The number of aromatic amines is 1. The van der Waals surface area contributed by atoms with E-state index in [1.807, 2.05) is 30.5 Å². The van der Waals surface area contributed by atoms with E-state index in [4.69, 9.17) is 4.74 Å². The van der Waals surface area contributed by atoms with Gasteiger partial charge in [-0.15, -0.1) is 0 Å². The molecule has 0 aliphatic carbocycles. The van der Waals surface area contributed by atoms with Crippen molar-refractivity contribution in [2.75, 3.05) is 12.4 Å². The van der Waals surface area contributed by atoms with Gasteiger partial charge in [0, 0.05) is 23.9 Å². The number of carbonyl (C=O) groups excluding carboxylic acids is 1. The molecular formula is C17H16N2O2. The van der Waals surface area contributed by atoms with E-state index in [-0.39, 0.29) is 5.97 Å². The van der Waals surface area contributed by atoms with Gasteiger partial charge in [-0.3, -0.25) is 0 Å². The summed E-state index contributed by atoms with van der Waals surface area (Å²) in [6, 6.07) is 15.6. The number of aromatic nitrogens is 1. The zero-order chi connectivity index (χ0) is 14.7. The van der Waals surface area contributed by atoms with Gasteiger partial charge in [0.15, 0.2) is 0 Å². The first kappa shape index (κ1) is 13.2. The van der Waals surface area contributed by atoms with Gasteiger partial charge in [-0.1, -0.05) is 24.3 Å². The smallest absolute Gasteiger partial charge is 0.339 e. The van der Waals surface area contributed by atoms with E-state index in [1.54, 1.807) is 6.07 Å². The van der Waals surface area contributed by atoms with Crippen LogP contribution in [0.5, 0.6) is 0 Å². The molecular weight excluding hydrogens is 264 g/mol. The Kier molecular flexibility index (Phi) is 3.60. The number of anilines is 1. The highest BCUT2D eigenvalue weighted by molar-refractivity contribution is 5.95. The van der Waals surface area contributed by atoms with Gasteiger partial charge in [0.05, 0.1) is 12.7 Å². The van der Waals surface area contributed by atoms with E-state index in [0.717, 1.165) is 16.8 Å². The fourth-order valence-electron chi connectivity index (χ4n) is 2.33. The van der Waals surface area contributed by atoms with Crippen LogP contribution in [0.25, 0.3) is 10.9 Å². The quantitative estimate of drug-likeness (QED) is 0.718. The molecule has 0 aliphatic rings. The minimum Gasteiger partial charge on any atom is -0.465 e. The fraction of sp³-hybridized carbons (Fsp3) is 0.118. The van der Waals surface area contributed by atoms with Crippen LogP contribution in [0.2, 0.25) is 0 Å². The first-order valence-corrected chi connectivity index (χ1v) is 6.75. The lowest BCUT2D eigenvalue weighted by Gasteiger charge is -2.10. The van der Waals surface area contributed by atoms with Crippen LogP contribution in [0.4, 0.5) is 5.69 Å². The van der Waals surface area contributed by atoms with Crippen LogP contribution in [-0.2, 0) is 11.3 Å². The van der Waals surface area contributed by atoms with Gasteiger partial charge < -0.3 is 15.0 Å². The van der Waals surface area contributed by atoms with Gasteiger partial charge in [-0.2, -0.15) is 0 Å². The highest BCUT2D eigenvalue weighted by atomic mass is 16.5. The SMILES string of the molecule is COC(=O)c1ccccc1NCc1ccc2cc[nH]c2c1. The molecule has 3 aromatic rings. The molecule has 0 fully saturated rings. The topological polar surface area (TPSA) is 54.1 Å². The summed E-state index contributed by atoms with van der Waals surface area (Å²) in [6.07, 6.45) is 1.93. The van der Waals surface area contributed by atoms with Crippen molar-refractivity contribution in [3.8, 4) is 0 Å². The molecule has 4 nitrogen and oxygen atoms in total. The van der Waals surface area contributed by atoms with Crippen LogP contribution < -0.4 is 5.32 Å². The van der Waals surface area contributed by atoms with Crippen molar-refractivity contribution in [2.24, 2.45) is 0 Å². The third kappa shape index (κ3) is 2.74. The maximum atomic E-state index is 11.7. The largest absolute Gasteiger partial charge is 0.465 e. The van der Waals surface area contributed by atoms with Crippen molar-refractivity contribution >= 4 is 22.6 Å². The van der Waals surface area contributed by atoms with Crippen molar-refractivity contribution in [3.63, 3.8) is 0 Å². The predicted molar refractivity (Wildman–Crippen MR) is 83.4 cm³/mol. The second-order valence-corrected chi connectivity index (χ2v) is 4.79. The Labute approximate surface area is 122 Å². The summed E-state index contributed by atoms with van der Waals surface area (Å²) in [4.78, 5) is 14.9. The monoisotopic (exact) mass is 280 g/mol. The number of nitrogens with one attached hydrogen (secondary N) is 2. The number of H-pyrrole nitrogens is 1. The first-order valence-electron chi connectivity index (χ1n) is 6.75. The molecule has 0 radical (unpaired) electrons. The van der Waals surface area contributed by atoms with Crippen molar-refractivity contribution in [2.45, 2.75) is 6.54 Å². The van der Waals surface area contributed by atoms with Crippen molar-refractivity contribution in [3.05, 3.63) is 65.9 Å². The normalized spacial score (nSPS) is 10.5. The summed E-state index contributed by atoms with van der Waals surface area (Å²) in [5, 5.41) is 4.48. The molecule has 2 N–H and O–H groups in total. The Morgan fingerprint density at radius 2 is 2.05 bits per heavy atom. The summed E-state index contributed by atoms with van der Waals surface area (Å²) >= 11 is 0. The third-order valence-corrected chi connectivity index (χ3v) is 3.43. The van der Waals surface area contributed by atoms with Crippen molar-refractivity contribution in [1.82, 2.24) is 4.98 Å². The third-order valence-electron chi connectivity index (χ3n) is 3.43. The number of benzene rings is 2. The zero-order valence-electron chi connectivity index (χ0n) is 11.7. The average molecular weight is 280 g/mol. The van der Waals surface area contributed by atoms with E-state index < -0.39 is 0 Å². The van der Waals surface area contributed by atoms with Crippen LogP contribution in [0, 0.1) is 0 Å². The predicted octanol–water partition coefficient (Wildman–Crippen LogP) is 3.57. The maximum Gasteiger partial charge on any atom is 0.339 e. The molecule has 1 aromatic heterocycles. The van der Waals surface area contributed by atoms with Gasteiger partial charge in [0.25, 0.3) is 0 Å². The number of fused-ring (bicyclic) bond motifs is 1. The Bertz CT molecular complexity index is 777. The first-order chi connectivity index (χ1) is 10.3. The number of esters is 1. The van der Waals surface area contributed by atoms with Crippen molar-refractivity contribution < 1.29 is 9.53 Å². The Morgan fingerprint density at radius 1 is 1.19 bits per heavy atom. The number of ether oxygens (including phenoxy) is 1. The fourth-order valence-corrected chi connectivity index (χ4v) is 2.33. The standard InChI is InChI=1S/C17H16N2O2/c1-21-17(20)14-4-2-3-5-15(14)19-11-12-6-7-13-8-9-18-16(13)10-12/h2-10,18-19H,11H2,1H3. The zero-order valence-corrected chi connectivity index (χ0v) is 11.7. The van der Waals surface area contributed by atoms with E-state index in [9.17, 15) is 4.79 Å². The molecule has 106 valence electrons. The number of para-hydroxylation sites is 1. The van der Waals surface area contributed by atoms with Gasteiger partial charge >= 0.3 is 5.97 Å². The highest BCUT2D eigenvalue weighted by Gasteiger charge is 2.10. The van der Waals surface area contributed by atoms with Crippen LogP contribution >= 0.6 is 0 Å². The molecule has 1 heterocycles. The summed E-state index contributed by atoms with van der Waals surface area (Å²) in [5.41, 5.74) is 3.57. The van der Waals surface area contributed by atoms with Crippen LogP contribution in [0.1, 0.15) is 15.9 Å². The molecule has 0 saturated carbocycles. The molecule has 21 heavy (non-hydrogen) atoms. The highest BCUT2D eigenvalue weighted by Crippen LogP contribution is 2.19. The van der Waals surface area contributed by atoms with Gasteiger partial charge in [-0.25, -0.2) is 4.79 Å². The summed E-state index contributed by atoms with van der Waals surface area (Å²) in [5.74, 6) is -0.335. The molecule has 0 bridgehead atoms. The second-order valence-electron chi connectivity index (χ2n) is 4.79. The molecule has 0 amide bonds. The number of carbonyl (C=O) groups is 1. The summed E-state index contributed by atoms with van der Waals surface area (Å²) in [7, 11) is 1.39. The minimum atomic E-state index is -0.335. The maximum absolute atomic E-state index is 11.7. The van der Waals surface area contributed by atoms with E-state index in [0.29, 0.717) is 12.1 Å². The number of hydrogen-bond donors (Lipinski definition) is 2. The number of methoxy groups -OCH3 is 1. The van der Waals surface area contributed by atoms with Gasteiger partial charge in [0.2, 0.25) is 0 Å². The molecule has 3 rings (SSSR count). The van der Waals surface area contributed by atoms with E-state index >= 15 is 0 Å². The van der Waals surface area contributed by atoms with Crippen molar-refractivity contribution in [1.29, 1.82) is 0 Å². The molecule has 0 aliphatic heterocycles. The molecule has 0 saturated heterocycles. The molecule has 0 spiro atoms. The van der Waals surface area contributed by atoms with Crippen LogP contribution in [0.3, 0.4) is 0 Å². The summed E-state index contributed by atoms with van der Waals surface area (Å²) in [6.45, 7) is 0.642. The van der Waals surface area contributed by atoms with Gasteiger partial charge in [-0.05, 0) is 35.2 Å². The Balaban J connectivity index is 1.79. The summed E-state index contributed by atoms with van der Waals surface area (Å²) < 4.78 is 4.79. The molecule has 4 heteroatoms. The molecule has 0 atom stereocenters. The second kappa shape index (κ2) is 5.71. The molecule has 2 aromatic carbocycles. The Hall–Kier alpha value is -2.75. The van der Waals surface area contributed by atoms with E-state index in [1.165, 1.54) is 12.5 Å². The van der Waals surface area contributed by atoms with Gasteiger partial charge in [0.1, 0.15) is 0 Å². The average Bonchev–Trinajstić information content (AvgIpc) is 3.00. The lowest BCUT2D eigenvalue weighted by Crippen LogP contribution is -2.08. The number of hydrogen-bond acceptors (Lipinski definition) is 3. The van der Waals surface area contributed by atoms with E-state index in [2.05, 4.69) is 28.5 Å². The lowest BCUT2D eigenvalue weighted by atomic mass is 10.1. The molecule has 0 unspecified atom stereocenters. The lowest BCUT2D eigenvalue weighted by molar-refractivity contribution is 0.0602. The minimum absolute atomic E-state index is 0.335. The van der Waals surface area contributed by atoms with Crippen LogP contribution in [0.15, 0.2) is 54.7 Å². The number of rotatable bonds is 4. The van der Waals surface area contributed by atoms with Crippen LogP contribution in [-0.4, -0.2) is 18.1 Å². The Morgan fingerprint density at radius 3 is 2.90 bits per heavy atom.